The zero-order valence-corrected chi connectivity index (χ0v) is 14.1. The number of nitrogens with zero attached hydrogens (tertiary/aromatic N) is 4. The van der Waals surface area contributed by atoms with Crippen molar-refractivity contribution in [3.63, 3.8) is 0 Å². The molecule has 0 unspecified atom stereocenters. The van der Waals surface area contributed by atoms with E-state index in [1.807, 2.05) is 51.4 Å². The summed E-state index contributed by atoms with van der Waals surface area (Å²) >= 11 is 0. The van der Waals surface area contributed by atoms with E-state index in [0.717, 1.165) is 22.6 Å². The summed E-state index contributed by atoms with van der Waals surface area (Å²) in [6.07, 6.45) is 5.29. The molecule has 6 heteroatoms. The second-order valence-electron chi connectivity index (χ2n) is 5.79. The smallest absolute Gasteiger partial charge is 0.340 e. The molecule has 0 spiro atoms. The van der Waals surface area contributed by atoms with Crippen molar-refractivity contribution in [3.05, 3.63) is 71.1 Å². The Bertz CT molecular complexity index is 849. The number of hydrogen-bond acceptors (Lipinski definition) is 4. The second kappa shape index (κ2) is 6.70. The number of rotatable bonds is 5. The Hall–Kier alpha value is -2.89. The third-order valence-electron chi connectivity index (χ3n) is 3.97. The summed E-state index contributed by atoms with van der Waals surface area (Å²) in [5, 5.41) is 4.06. The van der Waals surface area contributed by atoms with Crippen molar-refractivity contribution >= 4 is 5.97 Å². The van der Waals surface area contributed by atoms with Crippen molar-refractivity contribution < 1.29 is 9.53 Å². The van der Waals surface area contributed by atoms with Crippen LogP contribution in [0.15, 0.2) is 42.9 Å². The van der Waals surface area contributed by atoms with Crippen LogP contribution in [-0.2, 0) is 24.9 Å². The molecule has 3 rings (SSSR count). The van der Waals surface area contributed by atoms with Crippen molar-refractivity contribution in [2.75, 3.05) is 0 Å². The first kappa shape index (κ1) is 16.0. The van der Waals surface area contributed by atoms with E-state index in [1.54, 1.807) is 17.1 Å². The normalized spacial score (nSPS) is 10.8. The molecule has 0 aromatic carbocycles. The lowest BCUT2D eigenvalue weighted by molar-refractivity contribution is 0.0471. The summed E-state index contributed by atoms with van der Waals surface area (Å²) in [6, 6.07) is 7.68. The minimum atomic E-state index is -0.320. The second-order valence-corrected chi connectivity index (χ2v) is 5.79. The highest BCUT2D eigenvalue weighted by Gasteiger charge is 2.17. The number of carbonyl (C=O) groups is 1. The average Bonchev–Trinajstić information content (AvgIpc) is 3.12. The van der Waals surface area contributed by atoms with Crippen LogP contribution in [0.3, 0.4) is 0 Å². The Morgan fingerprint density at radius 3 is 2.79 bits per heavy atom. The first-order valence-electron chi connectivity index (χ1n) is 7.76. The predicted molar refractivity (Wildman–Crippen MR) is 89.6 cm³/mol. The van der Waals surface area contributed by atoms with Crippen LogP contribution in [-0.4, -0.2) is 25.3 Å². The molecular weight excluding hydrogens is 304 g/mol. The highest BCUT2D eigenvalue weighted by atomic mass is 16.5. The Morgan fingerprint density at radius 2 is 2.12 bits per heavy atom. The van der Waals surface area contributed by atoms with Gasteiger partial charge in [-0.15, -0.1) is 0 Å². The van der Waals surface area contributed by atoms with Crippen LogP contribution in [0.25, 0.3) is 0 Å². The van der Waals surface area contributed by atoms with Crippen molar-refractivity contribution in [1.82, 2.24) is 19.3 Å². The molecule has 124 valence electrons. The van der Waals surface area contributed by atoms with Gasteiger partial charge in [-0.1, -0.05) is 6.07 Å². The van der Waals surface area contributed by atoms with Gasteiger partial charge in [-0.05, 0) is 32.0 Å². The number of aromatic nitrogens is 4. The maximum Gasteiger partial charge on any atom is 0.340 e. The van der Waals surface area contributed by atoms with Gasteiger partial charge in [0.25, 0.3) is 0 Å². The molecule has 0 aliphatic heterocycles. The molecule has 0 atom stereocenters. The molecule has 3 aromatic rings. The Kier molecular flexibility index (Phi) is 4.46. The summed E-state index contributed by atoms with van der Waals surface area (Å²) in [7, 11) is 1.83. The first-order valence-corrected chi connectivity index (χ1v) is 7.76. The molecule has 0 N–H and O–H groups in total. The number of pyridine rings is 1. The molecule has 0 aliphatic rings. The highest BCUT2D eigenvalue weighted by Crippen LogP contribution is 2.18. The number of hydrogen-bond donors (Lipinski definition) is 0. The topological polar surface area (TPSA) is 61.9 Å². The molecule has 0 saturated heterocycles. The lowest BCUT2D eigenvalue weighted by atomic mass is 10.2. The van der Waals surface area contributed by atoms with Gasteiger partial charge in [-0.3, -0.25) is 9.67 Å². The Labute approximate surface area is 140 Å². The van der Waals surface area contributed by atoms with E-state index < -0.39 is 0 Å². The molecule has 3 heterocycles. The molecule has 6 nitrogen and oxygen atoms in total. The Balaban J connectivity index is 1.74. The summed E-state index contributed by atoms with van der Waals surface area (Å²) in [5.41, 5.74) is 4.30. The zero-order valence-electron chi connectivity index (χ0n) is 14.1. The van der Waals surface area contributed by atoms with Crippen LogP contribution < -0.4 is 0 Å². The largest absolute Gasteiger partial charge is 0.457 e. The van der Waals surface area contributed by atoms with Crippen LogP contribution in [0.2, 0.25) is 0 Å². The monoisotopic (exact) mass is 324 g/mol. The number of ether oxygens (including phenoxy) is 1. The lowest BCUT2D eigenvalue weighted by Gasteiger charge is -2.09. The SMILES string of the molecule is Cc1cc(C(=O)OCc2cnn(C)c2)c(C)n1Cc1ccccn1. The first-order chi connectivity index (χ1) is 11.5. The third kappa shape index (κ3) is 3.37. The van der Waals surface area contributed by atoms with Crippen LogP contribution >= 0.6 is 0 Å². The molecule has 0 amide bonds. The molecule has 0 bridgehead atoms. The van der Waals surface area contributed by atoms with E-state index in [1.165, 1.54) is 0 Å². The fourth-order valence-electron chi connectivity index (χ4n) is 2.68. The quantitative estimate of drug-likeness (QED) is 0.677. The summed E-state index contributed by atoms with van der Waals surface area (Å²) < 4.78 is 9.16. The van der Waals surface area contributed by atoms with Crippen LogP contribution in [0.1, 0.15) is 33.0 Å². The van der Waals surface area contributed by atoms with Crippen molar-refractivity contribution in [3.8, 4) is 0 Å². The fourth-order valence-corrected chi connectivity index (χ4v) is 2.68. The van der Waals surface area contributed by atoms with Crippen LogP contribution in [0.4, 0.5) is 0 Å². The van der Waals surface area contributed by atoms with Crippen LogP contribution in [0.5, 0.6) is 0 Å². The van der Waals surface area contributed by atoms with Gasteiger partial charge >= 0.3 is 5.97 Å². The summed E-state index contributed by atoms with van der Waals surface area (Å²) in [5.74, 6) is -0.320. The summed E-state index contributed by atoms with van der Waals surface area (Å²) in [6.45, 7) is 4.76. The van der Waals surface area contributed by atoms with E-state index >= 15 is 0 Å². The van der Waals surface area contributed by atoms with E-state index in [-0.39, 0.29) is 12.6 Å². The van der Waals surface area contributed by atoms with Gasteiger partial charge in [0.1, 0.15) is 6.61 Å². The van der Waals surface area contributed by atoms with Gasteiger partial charge < -0.3 is 9.30 Å². The third-order valence-corrected chi connectivity index (χ3v) is 3.97. The fraction of sp³-hybridized carbons (Fsp3) is 0.278. The molecular formula is C18H20N4O2. The van der Waals surface area contributed by atoms with Gasteiger partial charge in [0, 0.05) is 36.4 Å². The number of carbonyl (C=O) groups excluding carboxylic acids is 1. The Morgan fingerprint density at radius 1 is 1.29 bits per heavy atom. The maximum atomic E-state index is 12.4. The van der Waals surface area contributed by atoms with E-state index in [9.17, 15) is 4.79 Å². The predicted octanol–water partition coefficient (Wildman–Crippen LogP) is 2.64. The molecule has 0 radical (unpaired) electrons. The summed E-state index contributed by atoms with van der Waals surface area (Å²) in [4.78, 5) is 16.7. The van der Waals surface area contributed by atoms with Gasteiger partial charge in [-0.2, -0.15) is 5.10 Å². The zero-order chi connectivity index (χ0) is 17.1. The minimum Gasteiger partial charge on any atom is -0.457 e. The van der Waals surface area contributed by atoms with Crippen molar-refractivity contribution in [2.45, 2.75) is 27.0 Å². The number of aryl methyl sites for hydroxylation is 2. The maximum absolute atomic E-state index is 12.4. The number of esters is 1. The van der Waals surface area contributed by atoms with Gasteiger partial charge in [0.2, 0.25) is 0 Å². The molecule has 0 saturated carbocycles. The standard InChI is InChI=1S/C18H20N4O2/c1-13-8-17(18(23)24-12-15-9-20-21(3)10-15)14(2)22(13)11-16-6-4-5-7-19-16/h4-10H,11-12H2,1-3H3. The minimum absolute atomic E-state index is 0.219. The van der Waals surface area contributed by atoms with E-state index in [2.05, 4.69) is 14.6 Å². The van der Waals surface area contributed by atoms with Crippen molar-refractivity contribution in [2.24, 2.45) is 7.05 Å². The van der Waals surface area contributed by atoms with Gasteiger partial charge in [-0.25, -0.2) is 4.79 Å². The molecule has 0 fully saturated rings. The molecule has 0 aliphatic carbocycles. The van der Waals surface area contributed by atoms with Gasteiger partial charge in [0.05, 0.1) is 24.0 Å². The lowest BCUT2D eigenvalue weighted by Crippen LogP contribution is -2.09. The van der Waals surface area contributed by atoms with E-state index in [4.69, 9.17) is 4.74 Å². The average molecular weight is 324 g/mol. The van der Waals surface area contributed by atoms with Gasteiger partial charge in [0.15, 0.2) is 0 Å². The van der Waals surface area contributed by atoms with E-state index in [0.29, 0.717) is 12.1 Å². The molecule has 3 aromatic heterocycles. The van der Waals surface area contributed by atoms with Crippen LogP contribution in [0, 0.1) is 13.8 Å². The molecule has 24 heavy (non-hydrogen) atoms. The highest BCUT2D eigenvalue weighted by molar-refractivity contribution is 5.91. The van der Waals surface area contributed by atoms with Crippen molar-refractivity contribution in [1.29, 1.82) is 0 Å².